The summed E-state index contributed by atoms with van der Waals surface area (Å²) in [6, 6.07) is 0. The maximum absolute atomic E-state index is 0. The van der Waals surface area contributed by atoms with E-state index in [1.165, 1.54) is 0 Å². The monoisotopic (exact) mass is 853 g/mol. The zero-order valence-electron chi connectivity index (χ0n) is 0.667. The van der Waals surface area contributed by atoms with E-state index in [0.717, 1.165) is 0 Å². The summed E-state index contributed by atoms with van der Waals surface area (Å²) in [5.74, 6) is 0. The SMILES string of the molecule is [GaH3].[GaH3].[GaH3].[GaH3].[GaH3].[GaH3].[GaH3].[GaH3].[GaH3].[Rh].[Rh]. The van der Waals surface area contributed by atoms with Crippen LogP contribution in [0.4, 0.5) is 0 Å². The molecule has 0 saturated heterocycles. The van der Waals surface area contributed by atoms with Gasteiger partial charge in [-0.2, -0.15) is 0 Å². The van der Waals surface area contributed by atoms with E-state index < -0.39 is 0 Å². The van der Waals surface area contributed by atoms with E-state index in [9.17, 15) is 0 Å². The van der Waals surface area contributed by atoms with E-state index in [2.05, 4.69) is 0 Å². The predicted octanol–water partition coefficient (Wildman–Crippen LogP) is -10.7. The summed E-state index contributed by atoms with van der Waals surface area (Å²) in [6.45, 7) is 0. The van der Waals surface area contributed by atoms with E-state index in [1.54, 1.807) is 0 Å². The zero-order valence-corrected chi connectivity index (χ0v) is 3.94. The normalized spacial score (nSPS) is 0. The molecular formula is H27Ga9Rh2. The molecule has 0 aromatic heterocycles. The Balaban J connectivity index is 0. The van der Waals surface area contributed by atoms with Crippen molar-refractivity contribution < 1.29 is 39.0 Å². The maximum Gasteiger partial charge on any atom is 0 e. The molecule has 2 radical (unpaired) electrons. The van der Waals surface area contributed by atoms with E-state index in [1.807, 2.05) is 0 Å². The third-order valence-corrected chi connectivity index (χ3v) is 0. The second-order valence-corrected chi connectivity index (χ2v) is 0. The fourth-order valence-electron chi connectivity index (χ4n) is 0. The molecule has 0 saturated carbocycles. The van der Waals surface area contributed by atoms with Crippen molar-refractivity contribution in [1.29, 1.82) is 0 Å². The molecule has 0 nitrogen and oxygen atoms in total. The predicted molar refractivity (Wildman–Crippen MR) is 89.5 cm³/mol. The Hall–Kier alpha value is 6.97. The van der Waals surface area contributed by atoms with Gasteiger partial charge in [0.15, 0.2) is 0 Å². The van der Waals surface area contributed by atoms with Crippen molar-refractivity contribution in [3.8, 4) is 0 Å². The fraction of sp³-hybridized carbons (Fsp3) is 0. The first-order chi connectivity index (χ1) is 0. The van der Waals surface area contributed by atoms with Crippen molar-refractivity contribution in [2.75, 3.05) is 0 Å². The van der Waals surface area contributed by atoms with Crippen LogP contribution in [0.1, 0.15) is 0 Å². The van der Waals surface area contributed by atoms with Crippen molar-refractivity contribution in [3.63, 3.8) is 0 Å². The standard InChI is InChI=1S/9Ga.2Rh.27H. The summed E-state index contributed by atoms with van der Waals surface area (Å²) in [6.07, 6.45) is 0. The van der Waals surface area contributed by atoms with Gasteiger partial charge in [-0.3, -0.25) is 0 Å². The largest absolute Gasteiger partial charge is 0 e. The average Bonchev–Trinajstić information content (AvgIpc) is 0. The first kappa shape index (κ1) is 106. The number of rotatable bonds is 0. The summed E-state index contributed by atoms with van der Waals surface area (Å²) in [4.78, 5) is 0. The van der Waals surface area contributed by atoms with E-state index in [-0.39, 0.29) is 217 Å². The summed E-state index contributed by atoms with van der Waals surface area (Å²) in [5.41, 5.74) is 0. The van der Waals surface area contributed by atoms with E-state index in [4.69, 9.17) is 0 Å². The van der Waals surface area contributed by atoms with Crippen LogP contribution in [0.25, 0.3) is 0 Å². The van der Waals surface area contributed by atoms with Crippen molar-refractivity contribution in [3.05, 3.63) is 0 Å². The van der Waals surface area contributed by atoms with Crippen LogP contribution in [0.3, 0.4) is 0 Å². The van der Waals surface area contributed by atoms with Crippen LogP contribution in [-0.2, 0) is 39.0 Å². The summed E-state index contributed by atoms with van der Waals surface area (Å²) in [7, 11) is 0. The molecule has 0 bridgehead atoms. The Morgan fingerprint density at radius 1 is 0.182 bits per heavy atom. The van der Waals surface area contributed by atoms with Gasteiger partial charge in [-0.1, -0.05) is 0 Å². The third kappa shape index (κ3) is 78.3. The van der Waals surface area contributed by atoms with Gasteiger partial charge in [0.1, 0.15) is 0 Å². The van der Waals surface area contributed by atoms with Crippen molar-refractivity contribution >= 4 is 178 Å². The molecule has 0 N–H and O–H groups in total. The molecule has 11 heteroatoms. The van der Waals surface area contributed by atoms with Gasteiger partial charge in [0.2, 0.25) is 0 Å². The van der Waals surface area contributed by atoms with E-state index in [0.29, 0.717) is 0 Å². The smallest absolute Gasteiger partial charge is 0 e. The van der Waals surface area contributed by atoms with E-state index >= 15 is 0 Å². The van der Waals surface area contributed by atoms with Gasteiger partial charge in [-0.25, -0.2) is 0 Å². The maximum atomic E-state index is 0. The second-order valence-electron chi connectivity index (χ2n) is 0. The minimum Gasteiger partial charge on any atom is 0 e. The summed E-state index contributed by atoms with van der Waals surface area (Å²) < 4.78 is 0. The first-order valence-electron chi connectivity index (χ1n) is 0. The molecule has 0 unspecified atom stereocenters. The molecule has 0 spiro atoms. The average molecular weight is 861 g/mol. The Bertz CT molecular complexity index is 7.52. The quantitative estimate of drug-likeness (QED) is 0.213. The molecule has 0 aliphatic rings. The molecule has 11 heavy (non-hydrogen) atoms. The van der Waals surface area contributed by atoms with Gasteiger partial charge in [0, 0.05) is 39.0 Å². The van der Waals surface area contributed by atoms with Crippen LogP contribution in [0.2, 0.25) is 0 Å². The molecule has 0 fully saturated rings. The third-order valence-electron chi connectivity index (χ3n) is 0. The van der Waals surface area contributed by atoms with Crippen LogP contribution in [0.15, 0.2) is 0 Å². The summed E-state index contributed by atoms with van der Waals surface area (Å²) >= 11 is 0. The zero-order chi connectivity index (χ0) is 0. The van der Waals surface area contributed by atoms with Gasteiger partial charge in [0.05, 0.1) is 0 Å². The van der Waals surface area contributed by atoms with Gasteiger partial charge in [-0.15, -0.1) is 0 Å². The molecule has 0 aliphatic heterocycles. The van der Waals surface area contributed by atoms with Crippen molar-refractivity contribution in [2.45, 2.75) is 0 Å². The molecule has 0 atom stereocenters. The first-order valence-corrected chi connectivity index (χ1v) is 0. The number of hydrogen-bond donors (Lipinski definition) is 0. The Morgan fingerprint density at radius 2 is 0.182 bits per heavy atom. The van der Waals surface area contributed by atoms with Crippen LogP contribution in [0.5, 0.6) is 0 Å². The molecule has 0 amide bonds. The van der Waals surface area contributed by atoms with Crippen LogP contribution >= 0.6 is 0 Å². The van der Waals surface area contributed by atoms with Gasteiger partial charge >= 0.3 is 178 Å². The molecular weight excluding hydrogens is 833 g/mol. The van der Waals surface area contributed by atoms with Crippen molar-refractivity contribution in [2.24, 2.45) is 0 Å². The molecule has 72 valence electrons. The fourth-order valence-corrected chi connectivity index (χ4v) is 0. The topological polar surface area (TPSA) is 0 Å². The summed E-state index contributed by atoms with van der Waals surface area (Å²) in [5, 5.41) is 0. The number of hydrogen-bond acceptors (Lipinski definition) is 0. The van der Waals surface area contributed by atoms with Gasteiger partial charge in [-0.05, 0) is 0 Å². The minimum absolute atomic E-state index is 0. The molecule has 0 heterocycles. The van der Waals surface area contributed by atoms with Crippen LogP contribution < -0.4 is 0 Å². The molecule has 0 rings (SSSR count). The molecule has 0 aliphatic carbocycles. The Kier molecular flexibility index (Phi) is 862. The molecule has 0 aromatic carbocycles. The minimum atomic E-state index is 0. The molecule has 0 aromatic rings. The van der Waals surface area contributed by atoms with Crippen LogP contribution in [0, 0.1) is 0 Å². The van der Waals surface area contributed by atoms with Gasteiger partial charge in [0.25, 0.3) is 0 Å². The van der Waals surface area contributed by atoms with Crippen molar-refractivity contribution in [1.82, 2.24) is 0 Å². The second kappa shape index (κ2) is 89.1. The van der Waals surface area contributed by atoms with Crippen LogP contribution in [-0.4, -0.2) is 178 Å². The van der Waals surface area contributed by atoms with Gasteiger partial charge < -0.3 is 0 Å². The Morgan fingerprint density at radius 3 is 0.182 bits per heavy atom. The Labute approximate surface area is 212 Å².